The Morgan fingerprint density at radius 2 is 2.17 bits per heavy atom. The van der Waals surface area contributed by atoms with Gasteiger partial charge in [0.2, 0.25) is 0 Å². The van der Waals surface area contributed by atoms with Crippen LogP contribution < -0.4 is 5.73 Å². The predicted octanol–water partition coefficient (Wildman–Crippen LogP) is 1.93. The zero-order valence-electron chi connectivity index (χ0n) is 11.7. The van der Waals surface area contributed by atoms with Gasteiger partial charge in [-0.3, -0.25) is 9.48 Å². The number of hydrogen-bond acceptors (Lipinski definition) is 3. The highest BCUT2D eigenvalue weighted by Gasteiger charge is 2.14. The average molecular weight is 251 g/mol. The second-order valence-electron chi connectivity index (χ2n) is 5.36. The van der Waals surface area contributed by atoms with Crippen molar-refractivity contribution in [2.24, 2.45) is 24.6 Å². The number of carbonyl (C=O) groups is 1. The van der Waals surface area contributed by atoms with E-state index in [2.05, 4.69) is 18.9 Å². The summed E-state index contributed by atoms with van der Waals surface area (Å²) in [6.07, 6.45) is 6.78. The summed E-state index contributed by atoms with van der Waals surface area (Å²) in [7, 11) is 1.87. The predicted molar refractivity (Wildman–Crippen MR) is 73.2 cm³/mol. The fraction of sp³-hybridized carbons (Fsp3) is 0.714. The van der Waals surface area contributed by atoms with Gasteiger partial charge in [0.1, 0.15) is 5.78 Å². The SMILES string of the molecule is CC(C)C(CCN)CCC(=O)Cc1cnn(C)c1. The molecule has 0 saturated heterocycles. The van der Waals surface area contributed by atoms with Crippen molar-refractivity contribution in [1.82, 2.24) is 9.78 Å². The molecule has 1 heterocycles. The quantitative estimate of drug-likeness (QED) is 0.768. The molecule has 102 valence electrons. The fourth-order valence-electron chi connectivity index (χ4n) is 2.25. The van der Waals surface area contributed by atoms with E-state index in [0.29, 0.717) is 37.0 Å². The normalized spacial score (nSPS) is 12.9. The summed E-state index contributed by atoms with van der Waals surface area (Å²) >= 11 is 0. The van der Waals surface area contributed by atoms with E-state index >= 15 is 0 Å². The molecule has 1 aromatic rings. The van der Waals surface area contributed by atoms with E-state index in [1.165, 1.54) is 0 Å². The van der Waals surface area contributed by atoms with Crippen LogP contribution in [0.25, 0.3) is 0 Å². The first-order valence-electron chi connectivity index (χ1n) is 6.72. The molecule has 1 rings (SSSR count). The number of aryl methyl sites for hydroxylation is 1. The lowest BCUT2D eigenvalue weighted by atomic mass is 9.87. The smallest absolute Gasteiger partial charge is 0.137 e. The molecule has 0 aliphatic heterocycles. The van der Waals surface area contributed by atoms with Crippen LogP contribution in [-0.4, -0.2) is 22.1 Å². The molecule has 1 unspecified atom stereocenters. The van der Waals surface area contributed by atoms with Gasteiger partial charge in [0.05, 0.1) is 6.20 Å². The van der Waals surface area contributed by atoms with E-state index < -0.39 is 0 Å². The van der Waals surface area contributed by atoms with Gasteiger partial charge < -0.3 is 5.73 Å². The van der Waals surface area contributed by atoms with Crippen LogP contribution in [0.3, 0.4) is 0 Å². The minimum atomic E-state index is 0.297. The highest BCUT2D eigenvalue weighted by molar-refractivity contribution is 5.80. The van der Waals surface area contributed by atoms with Gasteiger partial charge in [0.15, 0.2) is 0 Å². The van der Waals surface area contributed by atoms with E-state index in [4.69, 9.17) is 5.73 Å². The molecule has 0 spiro atoms. The number of aromatic nitrogens is 2. The van der Waals surface area contributed by atoms with Crippen molar-refractivity contribution in [2.45, 2.75) is 39.5 Å². The van der Waals surface area contributed by atoms with E-state index in [-0.39, 0.29) is 0 Å². The Bertz CT molecular complexity index is 371. The molecule has 18 heavy (non-hydrogen) atoms. The number of ketones is 1. The topological polar surface area (TPSA) is 60.9 Å². The number of carbonyl (C=O) groups excluding carboxylic acids is 1. The van der Waals surface area contributed by atoms with Crippen molar-refractivity contribution >= 4 is 5.78 Å². The van der Waals surface area contributed by atoms with Crippen LogP contribution in [0.1, 0.15) is 38.7 Å². The number of nitrogens with two attached hydrogens (primary N) is 1. The molecule has 2 N–H and O–H groups in total. The summed E-state index contributed by atoms with van der Waals surface area (Å²) in [5, 5.41) is 4.07. The van der Waals surface area contributed by atoms with Gasteiger partial charge >= 0.3 is 0 Å². The number of Topliss-reactive ketones (excluding diaryl/α,β-unsaturated/α-hetero) is 1. The number of rotatable bonds is 8. The Kier molecular flexibility index (Phi) is 6.05. The van der Waals surface area contributed by atoms with Crippen LogP contribution in [-0.2, 0) is 18.3 Å². The largest absolute Gasteiger partial charge is 0.330 e. The summed E-state index contributed by atoms with van der Waals surface area (Å²) in [5.74, 6) is 1.46. The summed E-state index contributed by atoms with van der Waals surface area (Å²) in [5.41, 5.74) is 6.61. The summed E-state index contributed by atoms with van der Waals surface area (Å²) in [4.78, 5) is 11.9. The molecule has 4 heteroatoms. The van der Waals surface area contributed by atoms with Crippen molar-refractivity contribution in [2.75, 3.05) is 6.54 Å². The van der Waals surface area contributed by atoms with Gasteiger partial charge in [-0.2, -0.15) is 5.10 Å². The van der Waals surface area contributed by atoms with Gasteiger partial charge in [-0.05, 0) is 36.8 Å². The van der Waals surface area contributed by atoms with Gasteiger partial charge in [-0.1, -0.05) is 13.8 Å². The van der Waals surface area contributed by atoms with Crippen molar-refractivity contribution in [1.29, 1.82) is 0 Å². The molecule has 0 aliphatic carbocycles. The molecule has 0 bridgehead atoms. The maximum atomic E-state index is 11.9. The minimum absolute atomic E-state index is 0.297. The highest BCUT2D eigenvalue weighted by atomic mass is 16.1. The van der Waals surface area contributed by atoms with Crippen LogP contribution in [0.4, 0.5) is 0 Å². The highest BCUT2D eigenvalue weighted by Crippen LogP contribution is 2.20. The zero-order valence-corrected chi connectivity index (χ0v) is 11.7. The lowest BCUT2D eigenvalue weighted by Crippen LogP contribution is -2.16. The fourth-order valence-corrected chi connectivity index (χ4v) is 2.25. The van der Waals surface area contributed by atoms with Gasteiger partial charge in [0, 0.05) is 26.1 Å². The molecular weight excluding hydrogens is 226 g/mol. The third-order valence-electron chi connectivity index (χ3n) is 3.43. The van der Waals surface area contributed by atoms with E-state index in [0.717, 1.165) is 18.4 Å². The first-order valence-corrected chi connectivity index (χ1v) is 6.72. The molecule has 0 radical (unpaired) electrons. The second-order valence-corrected chi connectivity index (χ2v) is 5.36. The maximum Gasteiger partial charge on any atom is 0.137 e. The van der Waals surface area contributed by atoms with Crippen molar-refractivity contribution in [3.05, 3.63) is 18.0 Å². The lowest BCUT2D eigenvalue weighted by molar-refractivity contribution is -0.118. The Balaban J connectivity index is 2.35. The third kappa shape index (κ3) is 5.00. The van der Waals surface area contributed by atoms with E-state index in [1.807, 2.05) is 13.2 Å². The van der Waals surface area contributed by atoms with Crippen molar-refractivity contribution in [3.63, 3.8) is 0 Å². The molecular formula is C14H25N3O. The average Bonchev–Trinajstić information content (AvgIpc) is 2.69. The van der Waals surface area contributed by atoms with Crippen LogP contribution in [0.5, 0.6) is 0 Å². The van der Waals surface area contributed by atoms with Crippen LogP contribution in [0, 0.1) is 11.8 Å². The molecule has 0 aliphatic rings. The number of nitrogens with zero attached hydrogens (tertiary/aromatic N) is 2. The Labute approximate surface area is 110 Å². The van der Waals surface area contributed by atoms with Gasteiger partial charge in [-0.25, -0.2) is 0 Å². The minimum Gasteiger partial charge on any atom is -0.330 e. The van der Waals surface area contributed by atoms with Gasteiger partial charge in [-0.15, -0.1) is 0 Å². The maximum absolute atomic E-state index is 11.9. The summed E-state index contributed by atoms with van der Waals surface area (Å²) < 4.78 is 1.73. The van der Waals surface area contributed by atoms with E-state index in [1.54, 1.807) is 10.9 Å². The number of hydrogen-bond donors (Lipinski definition) is 1. The second kappa shape index (κ2) is 7.31. The first-order chi connectivity index (χ1) is 8.52. The lowest BCUT2D eigenvalue weighted by Gasteiger charge is -2.19. The van der Waals surface area contributed by atoms with Crippen LogP contribution in [0.2, 0.25) is 0 Å². The molecule has 0 fully saturated rings. The van der Waals surface area contributed by atoms with E-state index in [9.17, 15) is 4.79 Å². The standard InChI is InChI=1S/C14H25N3O/c1-11(2)13(6-7-15)4-5-14(18)8-12-9-16-17(3)10-12/h9-11,13H,4-8,15H2,1-3H3. The van der Waals surface area contributed by atoms with Crippen LogP contribution >= 0.6 is 0 Å². The molecule has 1 aromatic heterocycles. The summed E-state index contributed by atoms with van der Waals surface area (Å²) in [6.45, 7) is 5.11. The molecule has 4 nitrogen and oxygen atoms in total. The Hall–Kier alpha value is -1.16. The zero-order chi connectivity index (χ0) is 13.5. The molecule has 0 aromatic carbocycles. The Morgan fingerprint density at radius 1 is 1.44 bits per heavy atom. The van der Waals surface area contributed by atoms with Crippen molar-refractivity contribution in [3.8, 4) is 0 Å². The van der Waals surface area contributed by atoms with Crippen molar-refractivity contribution < 1.29 is 4.79 Å². The molecule has 0 amide bonds. The third-order valence-corrected chi connectivity index (χ3v) is 3.43. The molecule has 0 saturated carbocycles. The monoisotopic (exact) mass is 251 g/mol. The van der Waals surface area contributed by atoms with Crippen LogP contribution in [0.15, 0.2) is 12.4 Å². The molecule has 1 atom stereocenters. The Morgan fingerprint density at radius 3 is 2.67 bits per heavy atom. The summed E-state index contributed by atoms with van der Waals surface area (Å²) in [6, 6.07) is 0. The first kappa shape index (κ1) is 14.9. The van der Waals surface area contributed by atoms with Gasteiger partial charge in [0.25, 0.3) is 0 Å².